The zero-order valence-electron chi connectivity index (χ0n) is 14.4. The van der Waals surface area contributed by atoms with E-state index in [0.717, 1.165) is 12.0 Å². The lowest BCUT2D eigenvalue weighted by molar-refractivity contribution is -0.130. The van der Waals surface area contributed by atoms with Crippen molar-refractivity contribution >= 4 is 29.1 Å². The first-order valence-electron chi connectivity index (χ1n) is 8.99. The number of hydrogen-bond acceptors (Lipinski definition) is 2. The number of rotatable bonds is 4. The Morgan fingerprint density at radius 3 is 2.50 bits per heavy atom. The van der Waals surface area contributed by atoms with E-state index in [-0.39, 0.29) is 11.9 Å². The summed E-state index contributed by atoms with van der Waals surface area (Å²) in [7, 11) is 0. The van der Waals surface area contributed by atoms with Gasteiger partial charge in [0.1, 0.15) is 0 Å². The molecule has 1 heterocycles. The molecule has 2 atom stereocenters. The van der Waals surface area contributed by atoms with E-state index in [4.69, 9.17) is 27.9 Å². The van der Waals surface area contributed by atoms with Crippen molar-refractivity contribution in [2.45, 2.75) is 36.6 Å². The van der Waals surface area contributed by atoms with Gasteiger partial charge >= 0.3 is 0 Å². The van der Waals surface area contributed by atoms with Gasteiger partial charge in [-0.25, -0.2) is 0 Å². The van der Waals surface area contributed by atoms with Crippen molar-refractivity contribution in [1.29, 1.82) is 0 Å². The van der Waals surface area contributed by atoms with Crippen LogP contribution in [0.15, 0.2) is 48.5 Å². The van der Waals surface area contributed by atoms with Crippen molar-refractivity contribution in [3.63, 3.8) is 0 Å². The molecule has 1 aliphatic heterocycles. The Kier molecular flexibility index (Phi) is 4.96. The van der Waals surface area contributed by atoms with E-state index in [9.17, 15) is 4.79 Å². The van der Waals surface area contributed by atoms with Crippen LogP contribution in [0, 0.1) is 0 Å². The quantitative estimate of drug-likeness (QED) is 0.821. The molecule has 1 N–H and O–H groups in total. The van der Waals surface area contributed by atoms with Gasteiger partial charge in [0, 0.05) is 35.2 Å². The molecule has 2 aromatic carbocycles. The molecule has 0 spiro atoms. The van der Waals surface area contributed by atoms with Crippen molar-refractivity contribution in [3.05, 3.63) is 69.7 Å². The third kappa shape index (κ3) is 3.36. The lowest BCUT2D eigenvalue weighted by Gasteiger charge is -2.37. The highest BCUT2D eigenvalue weighted by atomic mass is 35.5. The Labute approximate surface area is 163 Å². The molecule has 2 aliphatic rings. The minimum absolute atomic E-state index is 0.0495. The van der Waals surface area contributed by atoms with Gasteiger partial charge in [0.25, 0.3) is 0 Å². The fourth-order valence-electron chi connectivity index (χ4n) is 3.95. The molecule has 3 nitrogen and oxygen atoms in total. The Balaban J connectivity index is 1.56. The second kappa shape index (κ2) is 7.22. The first kappa shape index (κ1) is 17.8. The topological polar surface area (TPSA) is 38.3 Å². The maximum atomic E-state index is 13.3. The van der Waals surface area contributed by atoms with E-state index in [1.165, 1.54) is 5.56 Å². The molecule has 2 aromatic rings. The van der Waals surface area contributed by atoms with Crippen LogP contribution in [-0.4, -0.2) is 25.2 Å². The van der Waals surface area contributed by atoms with Crippen LogP contribution in [0.2, 0.25) is 10.0 Å². The summed E-state index contributed by atoms with van der Waals surface area (Å²) in [5.74, 6) is 0.450. The second-order valence-corrected chi connectivity index (χ2v) is 8.00. The Bertz CT molecular complexity index is 803. The largest absolute Gasteiger partial charge is 0.381 e. The summed E-state index contributed by atoms with van der Waals surface area (Å²) in [5, 5.41) is 4.39. The average molecular weight is 390 g/mol. The maximum absolute atomic E-state index is 13.3. The summed E-state index contributed by atoms with van der Waals surface area (Å²) in [6.45, 7) is 1.11. The maximum Gasteiger partial charge on any atom is 0.231 e. The normalized spacial score (nSPS) is 24.1. The molecule has 0 radical (unpaired) electrons. The average Bonchev–Trinajstić information content (AvgIpc) is 3.42. The highest BCUT2D eigenvalue weighted by molar-refractivity contribution is 6.35. The molecule has 1 aliphatic carbocycles. The van der Waals surface area contributed by atoms with Gasteiger partial charge in [-0.2, -0.15) is 0 Å². The number of ether oxygens (including phenoxy) is 1. The molecule has 1 saturated carbocycles. The third-order valence-corrected chi connectivity index (χ3v) is 6.11. The predicted molar refractivity (Wildman–Crippen MR) is 104 cm³/mol. The van der Waals surface area contributed by atoms with Crippen LogP contribution in [0.25, 0.3) is 0 Å². The number of nitrogens with one attached hydrogen (secondary N) is 1. The summed E-state index contributed by atoms with van der Waals surface area (Å²) in [5.41, 5.74) is 1.48. The van der Waals surface area contributed by atoms with Gasteiger partial charge in [-0.1, -0.05) is 59.6 Å². The third-order valence-electron chi connectivity index (χ3n) is 5.56. The van der Waals surface area contributed by atoms with Crippen LogP contribution >= 0.6 is 23.2 Å². The molecule has 1 amide bonds. The Morgan fingerprint density at radius 1 is 1.08 bits per heavy atom. The fourth-order valence-corrected chi connectivity index (χ4v) is 4.54. The van der Waals surface area contributed by atoms with Gasteiger partial charge in [-0.15, -0.1) is 0 Å². The van der Waals surface area contributed by atoms with Crippen LogP contribution < -0.4 is 5.32 Å². The van der Waals surface area contributed by atoms with E-state index >= 15 is 0 Å². The van der Waals surface area contributed by atoms with Gasteiger partial charge in [0.2, 0.25) is 5.91 Å². The Hall–Kier alpha value is -1.55. The summed E-state index contributed by atoms with van der Waals surface area (Å²) in [6.07, 6.45) is 2.24. The first-order valence-corrected chi connectivity index (χ1v) is 9.75. The van der Waals surface area contributed by atoms with E-state index in [1.54, 1.807) is 12.1 Å². The number of carbonyl (C=O) groups is 1. The molecule has 0 bridgehead atoms. The lowest BCUT2D eigenvalue weighted by atomic mass is 9.73. The highest BCUT2D eigenvalue weighted by Gasteiger charge is 2.47. The van der Waals surface area contributed by atoms with Crippen LogP contribution in [0.4, 0.5) is 0 Å². The number of benzene rings is 2. The molecular weight excluding hydrogens is 369 g/mol. The summed E-state index contributed by atoms with van der Waals surface area (Å²) in [4.78, 5) is 13.3. The molecule has 2 fully saturated rings. The van der Waals surface area contributed by atoms with E-state index in [0.29, 0.717) is 42.0 Å². The van der Waals surface area contributed by atoms with E-state index < -0.39 is 5.41 Å². The number of amides is 1. The molecular formula is C21H21Cl2NO2. The summed E-state index contributed by atoms with van der Waals surface area (Å²) in [6, 6.07) is 15.9. The van der Waals surface area contributed by atoms with E-state index in [1.807, 2.05) is 24.3 Å². The van der Waals surface area contributed by atoms with Gasteiger partial charge in [-0.05, 0) is 42.5 Å². The molecule has 26 heavy (non-hydrogen) atoms. The molecule has 2 unspecified atom stereocenters. The zero-order chi connectivity index (χ0) is 18.1. The minimum Gasteiger partial charge on any atom is -0.381 e. The Morgan fingerprint density at radius 2 is 1.81 bits per heavy atom. The van der Waals surface area contributed by atoms with Crippen molar-refractivity contribution in [1.82, 2.24) is 5.32 Å². The van der Waals surface area contributed by atoms with Crippen molar-refractivity contribution in [2.24, 2.45) is 0 Å². The number of halogens is 2. The van der Waals surface area contributed by atoms with Crippen LogP contribution in [0.5, 0.6) is 0 Å². The first-order chi connectivity index (χ1) is 12.6. The summed E-state index contributed by atoms with van der Waals surface area (Å²) < 4.78 is 5.52. The van der Waals surface area contributed by atoms with Crippen LogP contribution in [0.1, 0.15) is 36.3 Å². The lowest BCUT2D eigenvalue weighted by Crippen LogP contribution is -2.49. The summed E-state index contributed by atoms with van der Waals surface area (Å²) >= 11 is 12.5. The second-order valence-electron chi connectivity index (χ2n) is 7.15. The van der Waals surface area contributed by atoms with Gasteiger partial charge in [0.05, 0.1) is 5.41 Å². The standard InChI is InChI=1S/C21H21Cl2NO2/c22-15-6-7-17(18(23)12-15)21(8-10-26-11-9-21)20(25)24-19-13-16(19)14-4-2-1-3-5-14/h1-7,12,16,19H,8-11,13H2,(H,24,25). The minimum atomic E-state index is -0.649. The van der Waals surface area contributed by atoms with Gasteiger partial charge in [0.15, 0.2) is 0 Å². The van der Waals surface area contributed by atoms with Crippen molar-refractivity contribution in [2.75, 3.05) is 13.2 Å². The number of hydrogen-bond donors (Lipinski definition) is 1. The van der Waals surface area contributed by atoms with Crippen molar-refractivity contribution in [3.8, 4) is 0 Å². The smallest absolute Gasteiger partial charge is 0.231 e. The fraction of sp³-hybridized carbons (Fsp3) is 0.381. The van der Waals surface area contributed by atoms with E-state index in [2.05, 4.69) is 17.4 Å². The van der Waals surface area contributed by atoms with Crippen LogP contribution in [-0.2, 0) is 14.9 Å². The van der Waals surface area contributed by atoms with Crippen molar-refractivity contribution < 1.29 is 9.53 Å². The molecule has 136 valence electrons. The SMILES string of the molecule is O=C(NC1CC1c1ccccc1)C1(c2ccc(Cl)cc2Cl)CCOCC1. The molecule has 4 rings (SSSR count). The zero-order valence-corrected chi connectivity index (χ0v) is 15.9. The molecule has 5 heteroatoms. The molecule has 1 saturated heterocycles. The monoisotopic (exact) mass is 389 g/mol. The van der Waals surface area contributed by atoms with Gasteiger partial charge in [-0.3, -0.25) is 4.79 Å². The van der Waals surface area contributed by atoms with Crippen LogP contribution in [0.3, 0.4) is 0 Å². The van der Waals surface area contributed by atoms with Gasteiger partial charge < -0.3 is 10.1 Å². The predicted octanol–water partition coefficient (Wildman–Crippen LogP) is 4.71. The number of carbonyl (C=O) groups excluding carboxylic acids is 1. The highest BCUT2D eigenvalue weighted by Crippen LogP contribution is 2.44. The molecule has 0 aromatic heterocycles.